The third-order valence-electron chi connectivity index (χ3n) is 7.20. The second kappa shape index (κ2) is 6.27. The van der Waals surface area contributed by atoms with E-state index in [1.165, 1.54) is 48.9 Å². The molecule has 4 aromatic carbocycles. The van der Waals surface area contributed by atoms with Gasteiger partial charge in [-0.05, 0) is 30.3 Å². The van der Waals surface area contributed by atoms with E-state index < -0.39 is 0 Å². The first-order chi connectivity index (χ1) is 16.8. The molecule has 0 spiro atoms. The van der Waals surface area contributed by atoms with Crippen molar-refractivity contribution in [1.82, 2.24) is 13.8 Å². The van der Waals surface area contributed by atoms with Gasteiger partial charge in [0.2, 0.25) is 0 Å². The fourth-order valence-corrected chi connectivity index (χ4v) is 5.83. The molecule has 0 aliphatic rings. The fraction of sp³-hybridized carbons (Fsp3) is 0.0333. The summed E-state index contributed by atoms with van der Waals surface area (Å²) < 4.78 is 10.3. The van der Waals surface area contributed by atoms with Crippen LogP contribution < -0.4 is 4.74 Å². The van der Waals surface area contributed by atoms with Gasteiger partial charge in [0.15, 0.2) is 5.65 Å². The van der Waals surface area contributed by atoms with E-state index in [0.29, 0.717) is 0 Å². The van der Waals surface area contributed by atoms with Crippen molar-refractivity contribution >= 4 is 65.5 Å². The molecule has 4 heteroatoms. The van der Waals surface area contributed by atoms with Crippen molar-refractivity contribution in [2.75, 3.05) is 7.11 Å². The van der Waals surface area contributed by atoms with E-state index in [-0.39, 0.29) is 0 Å². The first-order valence-corrected chi connectivity index (χ1v) is 11.4. The Bertz CT molecular complexity index is 2110. The summed E-state index contributed by atoms with van der Waals surface area (Å²) in [5.41, 5.74) is 6.66. The molecule has 0 aliphatic heterocycles. The summed E-state index contributed by atoms with van der Waals surface area (Å²) in [5.74, 6) is 0.835. The lowest BCUT2D eigenvalue weighted by Crippen LogP contribution is -1.96. The zero-order valence-electron chi connectivity index (χ0n) is 18.5. The largest absolute Gasteiger partial charge is 0.497 e. The van der Waals surface area contributed by atoms with Crippen LogP contribution in [0.3, 0.4) is 0 Å². The Morgan fingerprint density at radius 2 is 1.18 bits per heavy atom. The van der Waals surface area contributed by atoms with Crippen molar-refractivity contribution in [3.63, 3.8) is 0 Å². The second-order valence-corrected chi connectivity index (χ2v) is 8.82. The van der Waals surface area contributed by atoms with Crippen LogP contribution >= 0.6 is 0 Å². The van der Waals surface area contributed by atoms with Crippen molar-refractivity contribution in [2.45, 2.75) is 0 Å². The van der Waals surface area contributed by atoms with E-state index in [9.17, 15) is 0 Å². The first-order valence-electron chi connectivity index (χ1n) is 11.4. The van der Waals surface area contributed by atoms with Gasteiger partial charge >= 0.3 is 0 Å². The van der Waals surface area contributed by atoms with Crippen molar-refractivity contribution < 1.29 is 4.74 Å². The Morgan fingerprint density at radius 1 is 0.559 bits per heavy atom. The fourth-order valence-electron chi connectivity index (χ4n) is 5.83. The lowest BCUT2D eigenvalue weighted by Gasteiger charge is -2.10. The topological polar surface area (TPSA) is 30.9 Å². The number of hydrogen-bond acceptors (Lipinski definition) is 2. The minimum Gasteiger partial charge on any atom is -0.497 e. The highest BCUT2D eigenvalue weighted by Gasteiger charge is 2.19. The van der Waals surface area contributed by atoms with Crippen LogP contribution in [0.2, 0.25) is 0 Å². The maximum atomic E-state index is 5.62. The number of rotatable bonds is 1. The Balaban J connectivity index is 1.87. The Labute approximate surface area is 194 Å². The lowest BCUT2D eigenvalue weighted by atomic mass is 10.0. The normalized spacial score (nSPS) is 12.3. The van der Waals surface area contributed by atoms with Gasteiger partial charge in [0, 0.05) is 44.6 Å². The van der Waals surface area contributed by atoms with Gasteiger partial charge in [0.1, 0.15) is 5.75 Å². The molecule has 0 saturated heterocycles. The van der Waals surface area contributed by atoms with Gasteiger partial charge in [0.25, 0.3) is 0 Å². The number of methoxy groups -OCH3 is 1. The van der Waals surface area contributed by atoms with E-state index in [2.05, 4.69) is 87.7 Å². The zero-order valence-corrected chi connectivity index (χ0v) is 18.5. The van der Waals surface area contributed by atoms with Gasteiger partial charge in [-0.1, -0.05) is 54.6 Å². The number of para-hydroxylation sites is 3. The highest BCUT2D eigenvalue weighted by atomic mass is 16.5. The van der Waals surface area contributed by atoms with Crippen molar-refractivity contribution in [3.8, 4) is 5.75 Å². The summed E-state index contributed by atoms with van der Waals surface area (Å²) in [6, 6.07) is 32.4. The van der Waals surface area contributed by atoms with Gasteiger partial charge < -0.3 is 9.14 Å². The molecule has 0 atom stereocenters. The molecule has 4 heterocycles. The minimum atomic E-state index is 0.835. The lowest BCUT2D eigenvalue weighted by molar-refractivity contribution is 0.415. The number of pyridine rings is 1. The van der Waals surface area contributed by atoms with Crippen molar-refractivity contribution in [1.29, 1.82) is 0 Å². The monoisotopic (exact) mass is 437 g/mol. The molecular formula is C30H19N3O. The molecule has 34 heavy (non-hydrogen) atoms. The highest BCUT2D eigenvalue weighted by molar-refractivity contribution is 6.25. The van der Waals surface area contributed by atoms with Crippen LogP contribution in [0.5, 0.6) is 5.75 Å². The summed E-state index contributed by atoms with van der Waals surface area (Å²) in [7, 11) is 1.72. The predicted octanol–water partition coefficient (Wildman–Crippen LogP) is 7.36. The van der Waals surface area contributed by atoms with Gasteiger partial charge in [-0.3, -0.25) is 4.40 Å². The standard InChI is InChI=1S/C30H19N3O/c1-34-18-14-15-20-22-9-5-11-24-23-10-4-8-21-19-7-2-3-12-25(19)32(28(21)23)26-13-6-16-31-30(26)33(29(22)24)27(20)17-18/h2-17H,1H3. The average Bonchev–Trinajstić information content (AvgIpc) is 3.40. The van der Waals surface area contributed by atoms with Crippen LogP contribution in [0.25, 0.3) is 65.5 Å². The number of ether oxygens (including phenoxy) is 1. The van der Waals surface area contributed by atoms with Crippen LogP contribution in [-0.4, -0.2) is 20.9 Å². The molecule has 0 amide bonds. The molecule has 0 fully saturated rings. The smallest absolute Gasteiger partial charge is 0.162 e. The summed E-state index contributed by atoms with van der Waals surface area (Å²) in [4.78, 5) is 4.97. The second-order valence-electron chi connectivity index (χ2n) is 8.82. The van der Waals surface area contributed by atoms with Crippen LogP contribution in [0.1, 0.15) is 0 Å². The molecule has 0 bridgehead atoms. The van der Waals surface area contributed by atoms with Crippen molar-refractivity contribution in [2.24, 2.45) is 0 Å². The molecule has 0 radical (unpaired) electrons. The third kappa shape index (κ3) is 2.06. The summed E-state index contributed by atoms with van der Waals surface area (Å²) in [6.07, 6.45) is 1.88. The third-order valence-corrected chi connectivity index (χ3v) is 7.20. The molecule has 0 N–H and O–H groups in total. The molecule has 0 aliphatic carbocycles. The van der Waals surface area contributed by atoms with E-state index in [0.717, 1.165) is 22.4 Å². The Hall–Kier alpha value is -4.57. The molecule has 0 saturated carbocycles. The molecule has 4 nitrogen and oxygen atoms in total. The zero-order chi connectivity index (χ0) is 22.4. The van der Waals surface area contributed by atoms with Crippen LogP contribution in [0.4, 0.5) is 0 Å². The van der Waals surface area contributed by atoms with Gasteiger partial charge in [-0.2, -0.15) is 0 Å². The maximum absolute atomic E-state index is 5.62. The van der Waals surface area contributed by atoms with Crippen LogP contribution in [-0.2, 0) is 0 Å². The summed E-state index contributed by atoms with van der Waals surface area (Å²) >= 11 is 0. The quantitative estimate of drug-likeness (QED) is 0.269. The molecule has 160 valence electrons. The van der Waals surface area contributed by atoms with Crippen LogP contribution in [0, 0.1) is 0 Å². The van der Waals surface area contributed by atoms with Gasteiger partial charge in [0.05, 0.1) is 34.7 Å². The predicted molar refractivity (Wildman–Crippen MR) is 140 cm³/mol. The molecule has 8 aromatic rings. The molecule has 0 unspecified atom stereocenters. The molecule has 8 rings (SSSR count). The van der Waals surface area contributed by atoms with E-state index >= 15 is 0 Å². The minimum absolute atomic E-state index is 0.835. The number of benzene rings is 4. The summed E-state index contributed by atoms with van der Waals surface area (Å²) in [5, 5.41) is 7.35. The number of hydrogen-bond donors (Lipinski definition) is 0. The van der Waals surface area contributed by atoms with Crippen molar-refractivity contribution in [3.05, 3.63) is 97.2 Å². The van der Waals surface area contributed by atoms with E-state index in [4.69, 9.17) is 9.72 Å². The molecule has 4 aromatic heterocycles. The maximum Gasteiger partial charge on any atom is 0.162 e. The van der Waals surface area contributed by atoms with E-state index in [1.54, 1.807) is 7.11 Å². The average molecular weight is 438 g/mol. The highest BCUT2D eigenvalue weighted by Crippen LogP contribution is 2.40. The van der Waals surface area contributed by atoms with Gasteiger partial charge in [-0.15, -0.1) is 0 Å². The number of fused-ring (bicyclic) bond motifs is 10. The van der Waals surface area contributed by atoms with Crippen LogP contribution in [0.15, 0.2) is 97.2 Å². The Kier molecular flexibility index (Phi) is 3.30. The number of aromatic nitrogens is 3. The summed E-state index contributed by atoms with van der Waals surface area (Å²) in [6.45, 7) is 0. The van der Waals surface area contributed by atoms with E-state index in [1.807, 2.05) is 18.3 Å². The SMILES string of the molecule is COc1ccc2c3cccc4c5cccc6c7ccccc7n(c7cccnc7n(c2c1)c34)c65. The molecular weight excluding hydrogens is 418 g/mol. The Morgan fingerprint density at radius 3 is 1.94 bits per heavy atom. The van der Waals surface area contributed by atoms with Gasteiger partial charge in [-0.25, -0.2) is 4.98 Å². The number of nitrogens with zero attached hydrogens (tertiary/aromatic N) is 3. The first kappa shape index (κ1) is 17.9.